The first-order chi connectivity index (χ1) is 6.79. The standard InChI is InChI=1S/C12H12ClN/c1-10(5-4-8-14)12-7-3-2-6-11(12)9-13/h2-3,6-7H,1,4-5,9H2. The summed E-state index contributed by atoms with van der Waals surface area (Å²) >= 11 is 5.80. The van der Waals surface area contributed by atoms with Crippen LogP contribution < -0.4 is 0 Å². The van der Waals surface area contributed by atoms with E-state index in [1.54, 1.807) is 0 Å². The van der Waals surface area contributed by atoms with Crippen molar-refractivity contribution in [3.8, 4) is 6.07 Å². The zero-order chi connectivity index (χ0) is 10.4. The number of benzene rings is 1. The van der Waals surface area contributed by atoms with Crippen LogP contribution >= 0.6 is 11.6 Å². The van der Waals surface area contributed by atoms with Crippen molar-refractivity contribution in [2.24, 2.45) is 0 Å². The average molecular weight is 206 g/mol. The van der Waals surface area contributed by atoms with Gasteiger partial charge in [-0.3, -0.25) is 0 Å². The number of nitrogens with zero attached hydrogens (tertiary/aromatic N) is 1. The Morgan fingerprint density at radius 3 is 2.79 bits per heavy atom. The molecule has 0 saturated carbocycles. The maximum absolute atomic E-state index is 8.47. The smallest absolute Gasteiger partial charge is 0.0625 e. The molecular weight excluding hydrogens is 194 g/mol. The normalized spacial score (nSPS) is 9.43. The van der Waals surface area contributed by atoms with Gasteiger partial charge < -0.3 is 0 Å². The minimum Gasteiger partial charge on any atom is -0.198 e. The molecule has 0 unspecified atom stereocenters. The first-order valence-electron chi connectivity index (χ1n) is 4.48. The lowest BCUT2D eigenvalue weighted by atomic mass is 9.99. The maximum atomic E-state index is 8.47. The first-order valence-corrected chi connectivity index (χ1v) is 5.02. The van der Waals surface area contributed by atoms with Gasteiger partial charge in [0.2, 0.25) is 0 Å². The fourth-order valence-electron chi connectivity index (χ4n) is 1.32. The van der Waals surface area contributed by atoms with Gasteiger partial charge in [0, 0.05) is 12.3 Å². The predicted molar refractivity (Wildman–Crippen MR) is 59.9 cm³/mol. The molecule has 0 N–H and O–H groups in total. The Morgan fingerprint density at radius 2 is 2.14 bits per heavy atom. The van der Waals surface area contributed by atoms with E-state index in [-0.39, 0.29) is 0 Å². The van der Waals surface area contributed by atoms with Crippen LogP contribution in [0.1, 0.15) is 24.0 Å². The molecule has 0 fully saturated rings. The summed E-state index contributed by atoms with van der Waals surface area (Å²) in [6, 6.07) is 10.0. The molecule has 1 aromatic carbocycles. The average Bonchev–Trinajstić information content (AvgIpc) is 2.25. The minimum atomic E-state index is 0.488. The summed E-state index contributed by atoms with van der Waals surface area (Å²) in [6.45, 7) is 3.96. The highest BCUT2D eigenvalue weighted by molar-refractivity contribution is 6.17. The largest absolute Gasteiger partial charge is 0.198 e. The van der Waals surface area contributed by atoms with E-state index in [0.717, 1.165) is 16.7 Å². The van der Waals surface area contributed by atoms with Crippen molar-refractivity contribution in [2.75, 3.05) is 0 Å². The third-order valence-electron chi connectivity index (χ3n) is 2.08. The summed E-state index contributed by atoms with van der Waals surface area (Å²) < 4.78 is 0. The number of alkyl halides is 1. The van der Waals surface area contributed by atoms with Crippen molar-refractivity contribution in [1.82, 2.24) is 0 Å². The molecule has 1 nitrogen and oxygen atoms in total. The molecule has 72 valence electrons. The van der Waals surface area contributed by atoms with E-state index in [4.69, 9.17) is 16.9 Å². The van der Waals surface area contributed by atoms with Gasteiger partial charge in [-0.05, 0) is 23.1 Å². The van der Waals surface area contributed by atoms with Crippen LogP contribution in [0, 0.1) is 11.3 Å². The molecule has 0 heterocycles. The van der Waals surface area contributed by atoms with Gasteiger partial charge in [-0.25, -0.2) is 0 Å². The Morgan fingerprint density at radius 1 is 1.43 bits per heavy atom. The second-order valence-electron chi connectivity index (χ2n) is 3.05. The van der Waals surface area contributed by atoms with Crippen LogP contribution in [0.15, 0.2) is 30.8 Å². The molecule has 0 saturated heterocycles. The van der Waals surface area contributed by atoms with E-state index < -0.39 is 0 Å². The predicted octanol–water partition coefficient (Wildman–Crippen LogP) is 3.74. The second kappa shape index (κ2) is 5.47. The molecular formula is C12H12ClN. The topological polar surface area (TPSA) is 23.8 Å². The molecule has 0 aliphatic heterocycles. The van der Waals surface area contributed by atoms with Crippen molar-refractivity contribution in [1.29, 1.82) is 5.26 Å². The number of hydrogen-bond donors (Lipinski definition) is 0. The Hall–Kier alpha value is -1.26. The monoisotopic (exact) mass is 205 g/mol. The van der Waals surface area contributed by atoms with Gasteiger partial charge in [0.25, 0.3) is 0 Å². The lowest BCUT2D eigenvalue weighted by molar-refractivity contribution is 1.08. The lowest BCUT2D eigenvalue weighted by Crippen LogP contribution is -1.89. The highest BCUT2D eigenvalue weighted by Crippen LogP contribution is 2.22. The molecule has 0 bridgehead atoms. The molecule has 1 aromatic rings. The van der Waals surface area contributed by atoms with E-state index in [0.29, 0.717) is 18.7 Å². The van der Waals surface area contributed by atoms with Crippen LogP contribution in [-0.2, 0) is 5.88 Å². The van der Waals surface area contributed by atoms with Crippen LogP contribution in [0.3, 0.4) is 0 Å². The van der Waals surface area contributed by atoms with E-state index >= 15 is 0 Å². The molecule has 14 heavy (non-hydrogen) atoms. The minimum absolute atomic E-state index is 0.488. The maximum Gasteiger partial charge on any atom is 0.0625 e. The van der Waals surface area contributed by atoms with Crippen molar-refractivity contribution in [2.45, 2.75) is 18.7 Å². The molecule has 0 atom stereocenters. The van der Waals surface area contributed by atoms with Crippen LogP contribution in [0.4, 0.5) is 0 Å². The molecule has 0 aliphatic rings. The van der Waals surface area contributed by atoms with Gasteiger partial charge >= 0.3 is 0 Å². The molecule has 2 heteroatoms. The van der Waals surface area contributed by atoms with Gasteiger partial charge in [0.15, 0.2) is 0 Å². The number of halogens is 1. The van der Waals surface area contributed by atoms with Gasteiger partial charge in [0.05, 0.1) is 6.07 Å². The number of nitriles is 1. The Balaban J connectivity index is 2.84. The zero-order valence-electron chi connectivity index (χ0n) is 7.96. The fraction of sp³-hybridized carbons (Fsp3) is 0.250. The SMILES string of the molecule is C=C(CCC#N)c1ccccc1CCl. The molecule has 0 spiro atoms. The lowest BCUT2D eigenvalue weighted by Gasteiger charge is -2.08. The highest BCUT2D eigenvalue weighted by atomic mass is 35.5. The highest BCUT2D eigenvalue weighted by Gasteiger charge is 2.03. The van der Waals surface area contributed by atoms with Crippen LogP contribution in [0.5, 0.6) is 0 Å². The number of rotatable bonds is 4. The summed E-state index contributed by atoms with van der Waals surface area (Å²) in [5.41, 5.74) is 3.15. The van der Waals surface area contributed by atoms with E-state index in [2.05, 4.69) is 12.6 Å². The van der Waals surface area contributed by atoms with E-state index in [1.165, 1.54) is 0 Å². The van der Waals surface area contributed by atoms with Crippen LogP contribution in [0.25, 0.3) is 5.57 Å². The molecule has 0 amide bonds. The fourth-order valence-corrected chi connectivity index (χ4v) is 1.56. The third-order valence-corrected chi connectivity index (χ3v) is 2.37. The summed E-state index contributed by atoms with van der Waals surface area (Å²) in [5.74, 6) is 0.488. The van der Waals surface area contributed by atoms with Gasteiger partial charge in [0.1, 0.15) is 0 Å². The Bertz CT molecular complexity index is 363. The molecule has 0 aliphatic carbocycles. The summed E-state index contributed by atoms with van der Waals surface area (Å²) in [6.07, 6.45) is 1.22. The van der Waals surface area contributed by atoms with Crippen molar-refractivity contribution in [3.63, 3.8) is 0 Å². The van der Waals surface area contributed by atoms with Crippen LogP contribution in [0.2, 0.25) is 0 Å². The molecule has 0 aromatic heterocycles. The van der Waals surface area contributed by atoms with Gasteiger partial charge in [-0.1, -0.05) is 30.8 Å². The number of hydrogen-bond acceptors (Lipinski definition) is 1. The van der Waals surface area contributed by atoms with Gasteiger partial charge in [-0.2, -0.15) is 5.26 Å². The third kappa shape index (κ3) is 2.61. The zero-order valence-corrected chi connectivity index (χ0v) is 8.72. The number of allylic oxidation sites excluding steroid dienone is 1. The van der Waals surface area contributed by atoms with E-state index in [9.17, 15) is 0 Å². The molecule has 0 radical (unpaired) electrons. The summed E-state index contributed by atoms with van der Waals surface area (Å²) in [4.78, 5) is 0. The Kier molecular flexibility index (Phi) is 4.22. The van der Waals surface area contributed by atoms with Crippen molar-refractivity contribution in [3.05, 3.63) is 42.0 Å². The van der Waals surface area contributed by atoms with Gasteiger partial charge in [-0.15, -0.1) is 11.6 Å². The van der Waals surface area contributed by atoms with Crippen LogP contribution in [-0.4, -0.2) is 0 Å². The molecule has 1 rings (SSSR count). The first kappa shape index (κ1) is 10.8. The Labute approximate surface area is 89.6 Å². The second-order valence-corrected chi connectivity index (χ2v) is 3.32. The quantitative estimate of drug-likeness (QED) is 0.687. The van der Waals surface area contributed by atoms with E-state index in [1.807, 2.05) is 24.3 Å². The summed E-state index contributed by atoms with van der Waals surface area (Å²) in [5, 5.41) is 8.47. The summed E-state index contributed by atoms with van der Waals surface area (Å²) in [7, 11) is 0. The van der Waals surface area contributed by atoms with Crippen molar-refractivity contribution >= 4 is 17.2 Å². The van der Waals surface area contributed by atoms with Crippen molar-refractivity contribution < 1.29 is 0 Å².